The average molecular weight is 313 g/mol. The topological polar surface area (TPSA) is 39.7 Å². The third-order valence-corrected chi connectivity index (χ3v) is 6.12. The molecule has 1 aliphatic carbocycles. The molecule has 0 aromatic rings. The van der Waals surface area contributed by atoms with Crippen molar-refractivity contribution in [3.63, 3.8) is 0 Å². The van der Waals surface area contributed by atoms with Crippen molar-refractivity contribution >= 4 is 17.7 Å². The van der Waals surface area contributed by atoms with E-state index >= 15 is 0 Å². The van der Waals surface area contributed by atoms with E-state index in [9.17, 15) is 0 Å². The summed E-state index contributed by atoms with van der Waals surface area (Å²) in [5.74, 6) is 2.27. The monoisotopic (exact) mass is 312 g/mol. The van der Waals surface area contributed by atoms with Gasteiger partial charge >= 0.3 is 0 Å². The highest BCUT2D eigenvalue weighted by Crippen LogP contribution is 2.37. The van der Waals surface area contributed by atoms with Crippen LogP contribution in [0.25, 0.3) is 0 Å². The SMILES string of the molecule is CCNC(=NCC1(C)CCCS1)NCC(C)N(C)C1CC1. The molecule has 122 valence electrons. The van der Waals surface area contributed by atoms with Gasteiger partial charge in [-0.2, -0.15) is 11.8 Å². The first-order valence-corrected chi connectivity index (χ1v) is 9.41. The normalized spacial score (nSPS) is 28.0. The summed E-state index contributed by atoms with van der Waals surface area (Å²) in [7, 11) is 2.24. The summed E-state index contributed by atoms with van der Waals surface area (Å²) in [5.41, 5.74) is 0. The molecule has 2 rings (SSSR count). The van der Waals surface area contributed by atoms with Crippen LogP contribution in [0.1, 0.15) is 46.5 Å². The molecule has 2 atom stereocenters. The number of nitrogens with zero attached hydrogens (tertiary/aromatic N) is 2. The van der Waals surface area contributed by atoms with Gasteiger partial charge in [-0.05, 0) is 59.3 Å². The maximum absolute atomic E-state index is 4.81. The Kier molecular flexibility index (Phi) is 6.23. The molecule has 1 aliphatic heterocycles. The Morgan fingerprint density at radius 3 is 2.76 bits per heavy atom. The van der Waals surface area contributed by atoms with Crippen molar-refractivity contribution in [1.29, 1.82) is 0 Å². The lowest BCUT2D eigenvalue weighted by atomic mass is 10.1. The van der Waals surface area contributed by atoms with Crippen LogP contribution in [0.5, 0.6) is 0 Å². The van der Waals surface area contributed by atoms with Gasteiger partial charge in [0.05, 0.1) is 6.54 Å². The zero-order chi connectivity index (χ0) is 15.3. The molecule has 1 heterocycles. The van der Waals surface area contributed by atoms with Crippen LogP contribution in [0.2, 0.25) is 0 Å². The molecule has 1 saturated carbocycles. The van der Waals surface area contributed by atoms with E-state index in [0.717, 1.165) is 31.6 Å². The quantitative estimate of drug-likeness (QED) is 0.559. The molecule has 2 aliphatic rings. The minimum Gasteiger partial charge on any atom is -0.357 e. The summed E-state index contributed by atoms with van der Waals surface area (Å²) in [6.45, 7) is 9.57. The average Bonchev–Trinajstić information content (AvgIpc) is 3.23. The zero-order valence-corrected chi connectivity index (χ0v) is 14.9. The first-order chi connectivity index (χ1) is 10.0. The van der Waals surface area contributed by atoms with Crippen LogP contribution in [0, 0.1) is 0 Å². The number of hydrogen-bond donors (Lipinski definition) is 2. The van der Waals surface area contributed by atoms with Gasteiger partial charge in [-0.15, -0.1) is 0 Å². The van der Waals surface area contributed by atoms with Gasteiger partial charge in [-0.1, -0.05) is 0 Å². The zero-order valence-electron chi connectivity index (χ0n) is 14.1. The van der Waals surface area contributed by atoms with Crippen molar-refractivity contribution in [3.8, 4) is 0 Å². The van der Waals surface area contributed by atoms with E-state index in [4.69, 9.17) is 4.99 Å². The van der Waals surface area contributed by atoms with E-state index in [-0.39, 0.29) is 0 Å². The Balaban J connectivity index is 1.79. The number of thioether (sulfide) groups is 1. The summed E-state index contributed by atoms with van der Waals surface area (Å²) in [4.78, 5) is 7.30. The molecule has 0 spiro atoms. The highest BCUT2D eigenvalue weighted by Gasteiger charge is 2.30. The molecule has 2 unspecified atom stereocenters. The first kappa shape index (κ1) is 16.9. The smallest absolute Gasteiger partial charge is 0.191 e. The summed E-state index contributed by atoms with van der Waals surface area (Å²) in [6.07, 6.45) is 5.36. The highest BCUT2D eigenvalue weighted by molar-refractivity contribution is 8.00. The molecule has 4 nitrogen and oxygen atoms in total. The lowest BCUT2D eigenvalue weighted by Crippen LogP contribution is -2.45. The van der Waals surface area contributed by atoms with Crippen LogP contribution in [-0.4, -0.2) is 60.1 Å². The molecule has 0 aromatic heterocycles. The molecule has 2 N–H and O–H groups in total. The predicted molar refractivity (Wildman–Crippen MR) is 94.3 cm³/mol. The molecule has 1 saturated heterocycles. The lowest BCUT2D eigenvalue weighted by molar-refractivity contribution is 0.247. The van der Waals surface area contributed by atoms with E-state index in [1.165, 1.54) is 31.4 Å². The third kappa shape index (κ3) is 5.37. The predicted octanol–water partition coefficient (Wildman–Crippen LogP) is 2.31. The Bertz CT molecular complexity index is 348. The van der Waals surface area contributed by atoms with E-state index in [2.05, 4.69) is 55.1 Å². The van der Waals surface area contributed by atoms with E-state index in [1.807, 2.05) is 0 Å². The van der Waals surface area contributed by atoms with Gasteiger partial charge in [-0.25, -0.2) is 0 Å². The minimum atomic E-state index is 0.346. The molecule has 0 bridgehead atoms. The van der Waals surface area contributed by atoms with Gasteiger partial charge < -0.3 is 10.6 Å². The van der Waals surface area contributed by atoms with Gasteiger partial charge in [0, 0.05) is 29.9 Å². The summed E-state index contributed by atoms with van der Waals surface area (Å²) in [5, 5.41) is 6.89. The van der Waals surface area contributed by atoms with Crippen molar-refractivity contribution in [2.45, 2.75) is 63.3 Å². The van der Waals surface area contributed by atoms with Crippen LogP contribution in [0.15, 0.2) is 4.99 Å². The van der Waals surface area contributed by atoms with Gasteiger partial charge in [0.2, 0.25) is 0 Å². The summed E-state index contributed by atoms with van der Waals surface area (Å²) < 4.78 is 0.346. The van der Waals surface area contributed by atoms with Crippen molar-refractivity contribution in [2.75, 3.05) is 32.4 Å². The number of rotatable bonds is 7. The highest BCUT2D eigenvalue weighted by atomic mass is 32.2. The molecule has 5 heteroatoms. The molecule has 0 radical (unpaired) electrons. The van der Waals surface area contributed by atoms with Crippen molar-refractivity contribution in [2.24, 2.45) is 4.99 Å². The van der Waals surface area contributed by atoms with Crippen LogP contribution >= 0.6 is 11.8 Å². The maximum Gasteiger partial charge on any atom is 0.191 e. The Morgan fingerprint density at radius 2 is 2.19 bits per heavy atom. The summed E-state index contributed by atoms with van der Waals surface area (Å²) >= 11 is 2.08. The Labute approximate surface area is 134 Å². The second kappa shape index (κ2) is 7.73. The number of aliphatic imine (C=N–C) groups is 1. The third-order valence-electron chi connectivity index (χ3n) is 4.60. The second-order valence-electron chi connectivity index (χ2n) is 6.72. The number of guanidine groups is 1. The standard InChI is InChI=1S/C16H32N4S/c1-5-17-15(19-12-16(3)9-6-10-21-16)18-11-13(2)20(4)14-7-8-14/h13-14H,5-12H2,1-4H3,(H2,17,18,19). The molecular weight excluding hydrogens is 280 g/mol. The fourth-order valence-corrected chi connectivity index (χ4v) is 4.01. The molecule has 21 heavy (non-hydrogen) atoms. The molecule has 2 fully saturated rings. The van der Waals surface area contributed by atoms with Gasteiger partial charge in [0.15, 0.2) is 5.96 Å². The van der Waals surface area contributed by atoms with Gasteiger partial charge in [-0.3, -0.25) is 9.89 Å². The Hall–Kier alpha value is -0.420. The van der Waals surface area contributed by atoms with Gasteiger partial charge in [0.1, 0.15) is 0 Å². The largest absolute Gasteiger partial charge is 0.357 e. The van der Waals surface area contributed by atoms with E-state index in [1.54, 1.807) is 0 Å². The van der Waals surface area contributed by atoms with Crippen molar-refractivity contribution in [1.82, 2.24) is 15.5 Å². The van der Waals surface area contributed by atoms with Crippen LogP contribution in [0.4, 0.5) is 0 Å². The van der Waals surface area contributed by atoms with Crippen molar-refractivity contribution < 1.29 is 0 Å². The van der Waals surface area contributed by atoms with E-state index < -0.39 is 0 Å². The first-order valence-electron chi connectivity index (χ1n) is 8.42. The van der Waals surface area contributed by atoms with Crippen LogP contribution in [0.3, 0.4) is 0 Å². The second-order valence-corrected chi connectivity index (χ2v) is 8.41. The van der Waals surface area contributed by atoms with Crippen LogP contribution in [-0.2, 0) is 0 Å². The van der Waals surface area contributed by atoms with Crippen LogP contribution < -0.4 is 10.6 Å². The minimum absolute atomic E-state index is 0.346. The number of nitrogens with one attached hydrogen (secondary N) is 2. The summed E-state index contributed by atoms with van der Waals surface area (Å²) in [6, 6.07) is 1.37. The van der Waals surface area contributed by atoms with E-state index in [0.29, 0.717) is 10.8 Å². The fraction of sp³-hybridized carbons (Fsp3) is 0.938. The Morgan fingerprint density at radius 1 is 1.43 bits per heavy atom. The number of likely N-dealkylation sites (N-methyl/N-ethyl adjacent to an activating group) is 1. The lowest BCUT2D eigenvalue weighted by Gasteiger charge is -2.26. The molecule has 0 amide bonds. The maximum atomic E-state index is 4.81. The van der Waals surface area contributed by atoms with Crippen molar-refractivity contribution in [3.05, 3.63) is 0 Å². The molecule has 0 aromatic carbocycles. The molecular formula is C16H32N4S. The fourth-order valence-electron chi connectivity index (χ4n) is 2.78. The van der Waals surface area contributed by atoms with Gasteiger partial charge in [0.25, 0.3) is 0 Å². The number of hydrogen-bond acceptors (Lipinski definition) is 3.